The third-order valence-corrected chi connectivity index (χ3v) is 3.76. The molecule has 1 fully saturated rings. The average molecular weight is 227 g/mol. The van der Waals surface area contributed by atoms with Crippen LogP contribution in [-0.4, -0.2) is 10.1 Å². The zero-order valence-corrected chi connectivity index (χ0v) is 9.89. The summed E-state index contributed by atoms with van der Waals surface area (Å²) >= 11 is 0. The Labute approximate surface area is 101 Å². The van der Waals surface area contributed by atoms with Crippen LogP contribution >= 0.6 is 0 Å². The van der Waals surface area contributed by atoms with E-state index in [0.29, 0.717) is 11.7 Å². The van der Waals surface area contributed by atoms with Gasteiger partial charge in [0.1, 0.15) is 5.75 Å². The van der Waals surface area contributed by atoms with Gasteiger partial charge >= 0.3 is 0 Å². The molecule has 0 amide bonds. The fraction of sp³-hybridized carbons (Fsp3) is 0.400. The summed E-state index contributed by atoms with van der Waals surface area (Å²) in [4.78, 5) is 4.49. The van der Waals surface area contributed by atoms with E-state index in [1.165, 1.54) is 37.7 Å². The second kappa shape index (κ2) is 4.36. The van der Waals surface area contributed by atoms with Crippen LogP contribution in [0.1, 0.15) is 43.6 Å². The maximum atomic E-state index is 9.50. The summed E-state index contributed by atoms with van der Waals surface area (Å²) in [7, 11) is 0. The molecule has 1 heterocycles. The van der Waals surface area contributed by atoms with Gasteiger partial charge < -0.3 is 5.11 Å². The maximum absolute atomic E-state index is 9.50. The van der Waals surface area contributed by atoms with E-state index in [0.717, 1.165) is 10.9 Å². The van der Waals surface area contributed by atoms with Gasteiger partial charge in [0, 0.05) is 11.6 Å². The fourth-order valence-corrected chi connectivity index (χ4v) is 2.80. The third-order valence-electron chi connectivity index (χ3n) is 3.76. The van der Waals surface area contributed by atoms with Crippen LogP contribution in [0.5, 0.6) is 5.75 Å². The van der Waals surface area contributed by atoms with E-state index in [1.54, 1.807) is 12.1 Å². The highest BCUT2D eigenvalue weighted by Gasteiger charge is 2.16. The molecule has 3 rings (SSSR count). The first-order valence-corrected chi connectivity index (χ1v) is 6.41. The number of phenols is 1. The predicted molar refractivity (Wildman–Crippen MR) is 69.2 cm³/mol. The molecule has 2 aromatic rings. The van der Waals surface area contributed by atoms with Crippen LogP contribution in [-0.2, 0) is 0 Å². The van der Waals surface area contributed by atoms with Crippen LogP contribution in [0.2, 0.25) is 0 Å². The molecule has 0 saturated heterocycles. The Morgan fingerprint density at radius 1 is 1.06 bits per heavy atom. The predicted octanol–water partition coefficient (Wildman–Crippen LogP) is 3.99. The Hall–Kier alpha value is -1.57. The number of nitrogens with zero attached hydrogens (tertiary/aromatic N) is 1. The number of phenolic OH excluding ortho intramolecular Hbond substituents is 1. The Balaban J connectivity index is 1.99. The van der Waals surface area contributed by atoms with E-state index in [2.05, 4.69) is 11.1 Å². The quantitative estimate of drug-likeness (QED) is 0.799. The second-order valence-electron chi connectivity index (χ2n) is 4.98. The van der Waals surface area contributed by atoms with E-state index in [1.807, 2.05) is 12.3 Å². The zero-order valence-electron chi connectivity index (χ0n) is 9.89. The van der Waals surface area contributed by atoms with Gasteiger partial charge in [0.05, 0.1) is 5.52 Å². The van der Waals surface area contributed by atoms with E-state index in [-0.39, 0.29) is 0 Å². The molecule has 0 radical (unpaired) electrons. The van der Waals surface area contributed by atoms with Gasteiger partial charge in [-0.25, -0.2) is 0 Å². The van der Waals surface area contributed by atoms with Crippen molar-refractivity contribution in [1.82, 2.24) is 4.98 Å². The minimum Gasteiger partial charge on any atom is -0.508 e. The van der Waals surface area contributed by atoms with Crippen LogP contribution in [0.3, 0.4) is 0 Å². The van der Waals surface area contributed by atoms with E-state index < -0.39 is 0 Å². The number of pyridine rings is 1. The van der Waals surface area contributed by atoms with Crippen molar-refractivity contribution in [3.8, 4) is 5.75 Å². The Morgan fingerprint density at radius 3 is 2.71 bits per heavy atom. The van der Waals surface area contributed by atoms with Gasteiger partial charge in [0.2, 0.25) is 0 Å². The summed E-state index contributed by atoms with van der Waals surface area (Å²) < 4.78 is 0. The van der Waals surface area contributed by atoms with Gasteiger partial charge in [-0.15, -0.1) is 0 Å². The molecule has 0 aliphatic heterocycles. The first kappa shape index (κ1) is 10.6. The molecule has 0 unspecified atom stereocenters. The first-order chi connectivity index (χ1) is 8.33. The number of aromatic hydroxyl groups is 1. The lowest BCUT2D eigenvalue weighted by molar-refractivity contribution is 0.443. The Bertz CT molecular complexity index is 529. The van der Waals surface area contributed by atoms with Crippen molar-refractivity contribution in [2.24, 2.45) is 0 Å². The summed E-state index contributed by atoms with van der Waals surface area (Å²) in [6.07, 6.45) is 8.62. The Kier molecular flexibility index (Phi) is 2.71. The van der Waals surface area contributed by atoms with Crippen LogP contribution in [0.4, 0.5) is 0 Å². The van der Waals surface area contributed by atoms with Crippen molar-refractivity contribution < 1.29 is 5.11 Å². The molecule has 0 spiro atoms. The lowest BCUT2D eigenvalue weighted by Crippen LogP contribution is -2.04. The van der Waals surface area contributed by atoms with Gasteiger partial charge in [-0.2, -0.15) is 0 Å². The SMILES string of the molecule is Oc1ccc2ncc(C3CCCCC3)cc2c1. The van der Waals surface area contributed by atoms with E-state index >= 15 is 0 Å². The summed E-state index contributed by atoms with van der Waals surface area (Å²) in [5, 5.41) is 10.6. The summed E-state index contributed by atoms with van der Waals surface area (Å²) in [6.45, 7) is 0. The molecule has 2 nitrogen and oxygen atoms in total. The molecule has 1 saturated carbocycles. The first-order valence-electron chi connectivity index (χ1n) is 6.41. The maximum Gasteiger partial charge on any atom is 0.116 e. The smallest absolute Gasteiger partial charge is 0.116 e. The van der Waals surface area contributed by atoms with Crippen molar-refractivity contribution in [2.75, 3.05) is 0 Å². The van der Waals surface area contributed by atoms with Crippen molar-refractivity contribution in [2.45, 2.75) is 38.0 Å². The summed E-state index contributed by atoms with van der Waals surface area (Å²) in [6, 6.07) is 7.55. The van der Waals surface area contributed by atoms with Gasteiger partial charge in [-0.1, -0.05) is 19.3 Å². The van der Waals surface area contributed by atoms with Crippen LogP contribution in [0, 0.1) is 0 Å². The molecule has 1 aromatic carbocycles. The lowest BCUT2D eigenvalue weighted by atomic mass is 9.84. The molecule has 2 heteroatoms. The summed E-state index contributed by atoms with van der Waals surface area (Å²) in [5.74, 6) is 0.989. The summed E-state index contributed by atoms with van der Waals surface area (Å²) in [5.41, 5.74) is 2.30. The van der Waals surface area contributed by atoms with Crippen molar-refractivity contribution >= 4 is 10.9 Å². The normalized spacial score (nSPS) is 17.4. The number of aromatic nitrogens is 1. The molecule has 0 bridgehead atoms. The van der Waals surface area contributed by atoms with Crippen LogP contribution < -0.4 is 0 Å². The van der Waals surface area contributed by atoms with Gasteiger partial charge in [-0.05, 0) is 48.6 Å². The second-order valence-corrected chi connectivity index (χ2v) is 4.98. The monoisotopic (exact) mass is 227 g/mol. The number of fused-ring (bicyclic) bond motifs is 1. The highest BCUT2D eigenvalue weighted by molar-refractivity contribution is 5.80. The molecule has 1 aliphatic carbocycles. The van der Waals surface area contributed by atoms with Crippen molar-refractivity contribution in [1.29, 1.82) is 0 Å². The van der Waals surface area contributed by atoms with Gasteiger partial charge in [0.25, 0.3) is 0 Å². The third kappa shape index (κ3) is 2.12. The molecule has 1 aromatic heterocycles. The van der Waals surface area contributed by atoms with Gasteiger partial charge in [0.15, 0.2) is 0 Å². The molecule has 17 heavy (non-hydrogen) atoms. The molecule has 1 N–H and O–H groups in total. The minimum atomic E-state index is 0.320. The lowest BCUT2D eigenvalue weighted by Gasteiger charge is -2.21. The topological polar surface area (TPSA) is 33.1 Å². The number of hydrogen-bond acceptors (Lipinski definition) is 2. The molecular formula is C15H17NO. The standard InChI is InChI=1S/C15H17NO/c17-14-6-7-15-12(9-14)8-13(10-16-15)11-4-2-1-3-5-11/h6-11,17H,1-5H2. The molecule has 0 atom stereocenters. The van der Waals surface area contributed by atoms with Crippen LogP contribution in [0.15, 0.2) is 30.5 Å². The highest BCUT2D eigenvalue weighted by atomic mass is 16.3. The van der Waals surface area contributed by atoms with E-state index in [4.69, 9.17) is 0 Å². The number of hydrogen-bond donors (Lipinski definition) is 1. The fourth-order valence-electron chi connectivity index (χ4n) is 2.80. The highest BCUT2D eigenvalue weighted by Crippen LogP contribution is 2.33. The average Bonchev–Trinajstić information content (AvgIpc) is 2.39. The minimum absolute atomic E-state index is 0.320. The van der Waals surface area contributed by atoms with E-state index in [9.17, 15) is 5.11 Å². The molecule has 1 aliphatic rings. The van der Waals surface area contributed by atoms with Crippen molar-refractivity contribution in [3.63, 3.8) is 0 Å². The van der Waals surface area contributed by atoms with Gasteiger partial charge in [-0.3, -0.25) is 4.98 Å². The largest absolute Gasteiger partial charge is 0.508 e. The Morgan fingerprint density at radius 2 is 1.88 bits per heavy atom. The zero-order chi connectivity index (χ0) is 11.7. The molecule has 88 valence electrons. The number of benzene rings is 1. The molecular weight excluding hydrogens is 210 g/mol. The number of rotatable bonds is 1. The van der Waals surface area contributed by atoms with Crippen molar-refractivity contribution in [3.05, 3.63) is 36.0 Å². The van der Waals surface area contributed by atoms with Crippen LogP contribution in [0.25, 0.3) is 10.9 Å².